The molecule has 8 aromatic carbocycles. The first-order valence-corrected chi connectivity index (χ1v) is 20.2. The molecule has 0 fully saturated rings. The molecular formula is C55H42N4. The molecule has 10 aromatic rings. The predicted octanol–water partition coefficient (Wildman–Crippen LogP) is 14.3. The lowest BCUT2D eigenvalue weighted by atomic mass is 9.86. The molecule has 10 rings (SSSR count). The van der Waals surface area contributed by atoms with Gasteiger partial charge in [-0.15, -0.1) is 0 Å². The van der Waals surface area contributed by atoms with Crippen molar-refractivity contribution in [3.8, 4) is 73.2 Å². The first-order chi connectivity index (χ1) is 28.9. The Kier molecular flexibility index (Phi) is 9.03. The molecule has 0 N–H and O–H groups in total. The van der Waals surface area contributed by atoms with Gasteiger partial charge in [-0.2, -0.15) is 0 Å². The Bertz CT molecular complexity index is 2990. The van der Waals surface area contributed by atoms with Gasteiger partial charge in [-0.3, -0.25) is 0 Å². The van der Waals surface area contributed by atoms with Gasteiger partial charge in [-0.25, -0.2) is 15.0 Å². The maximum absolute atomic E-state index is 5.31. The fourth-order valence-electron chi connectivity index (χ4n) is 8.05. The van der Waals surface area contributed by atoms with Crippen molar-refractivity contribution in [3.63, 3.8) is 0 Å². The normalized spacial score (nSPS) is 11.6. The summed E-state index contributed by atoms with van der Waals surface area (Å²) in [6.07, 6.45) is 0. The van der Waals surface area contributed by atoms with Crippen LogP contribution in [-0.4, -0.2) is 19.5 Å². The number of hydrogen-bond donors (Lipinski definition) is 0. The van der Waals surface area contributed by atoms with Crippen molar-refractivity contribution in [1.29, 1.82) is 0 Å². The number of benzene rings is 8. The molecular weight excluding hydrogens is 717 g/mol. The molecule has 59 heavy (non-hydrogen) atoms. The van der Waals surface area contributed by atoms with E-state index in [1.54, 1.807) is 0 Å². The summed E-state index contributed by atoms with van der Waals surface area (Å²) in [5.41, 5.74) is 14.2. The van der Waals surface area contributed by atoms with Crippen molar-refractivity contribution in [2.75, 3.05) is 0 Å². The van der Waals surface area contributed by atoms with Gasteiger partial charge in [0.1, 0.15) is 0 Å². The summed E-state index contributed by atoms with van der Waals surface area (Å²) in [5, 5.41) is 2.43. The van der Waals surface area contributed by atoms with Gasteiger partial charge in [-0.05, 0) is 74.7 Å². The predicted molar refractivity (Wildman–Crippen MR) is 245 cm³/mol. The average Bonchev–Trinajstić information content (AvgIpc) is 3.63. The Morgan fingerprint density at radius 2 is 0.763 bits per heavy atom. The van der Waals surface area contributed by atoms with E-state index in [-0.39, 0.29) is 5.41 Å². The van der Waals surface area contributed by atoms with Crippen LogP contribution < -0.4 is 0 Å². The second kappa shape index (κ2) is 14.8. The maximum atomic E-state index is 5.31. The van der Waals surface area contributed by atoms with E-state index in [1.807, 2.05) is 12.1 Å². The summed E-state index contributed by atoms with van der Waals surface area (Å²) in [7, 11) is 0. The zero-order chi connectivity index (χ0) is 39.9. The van der Waals surface area contributed by atoms with Crippen LogP contribution in [0.5, 0.6) is 0 Å². The summed E-state index contributed by atoms with van der Waals surface area (Å²) in [6, 6.07) is 70.8. The molecule has 0 amide bonds. The summed E-state index contributed by atoms with van der Waals surface area (Å²) < 4.78 is 2.39. The molecule has 2 heterocycles. The zero-order valence-electron chi connectivity index (χ0n) is 33.3. The topological polar surface area (TPSA) is 43.6 Å². The molecule has 0 aliphatic carbocycles. The molecule has 0 saturated carbocycles. The summed E-state index contributed by atoms with van der Waals surface area (Å²) >= 11 is 0. The molecule has 282 valence electrons. The minimum Gasteiger partial charge on any atom is -0.308 e. The van der Waals surface area contributed by atoms with Gasteiger partial charge >= 0.3 is 0 Å². The maximum Gasteiger partial charge on any atom is 0.166 e. The van der Waals surface area contributed by atoms with Gasteiger partial charge in [0.25, 0.3) is 0 Å². The van der Waals surface area contributed by atoms with E-state index < -0.39 is 0 Å². The van der Waals surface area contributed by atoms with Crippen LogP contribution >= 0.6 is 0 Å². The Labute approximate surface area is 345 Å². The van der Waals surface area contributed by atoms with E-state index in [2.05, 4.69) is 213 Å². The Hall–Kier alpha value is -7.43. The Balaban J connectivity index is 1.20. The second-order valence-corrected chi connectivity index (χ2v) is 16.1. The molecule has 4 heteroatoms. The minimum atomic E-state index is 0.00601. The molecule has 0 atom stereocenters. The van der Waals surface area contributed by atoms with Crippen LogP contribution in [0, 0.1) is 0 Å². The van der Waals surface area contributed by atoms with E-state index in [9.17, 15) is 0 Å². The first kappa shape index (κ1) is 35.9. The minimum absolute atomic E-state index is 0.00601. The van der Waals surface area contributed by atoms with Gasteiger partial charge < -0.3 is 4.57 Å². The van der Waals surface area contributed by atoms with Gasteiger partial charge in [-0.1, -0.05) is 191 Å². The lowest BCUT2D eigenvalue weighted by Gasteiger charge is -2.19. The monoisotopic (exact) mass is 758 g/mol. The molecule has 0 bridgehead atoms. The third-order valence-electron chi connectivity index (χ3n) is 11.3. The van der Waals surface area contributed by atoms with E-state index in [1.165, 1.54) is 27.5 Å². The van der Waals surface area contributed by atoms with Crippen LogP contribution in [-0.2, 0) is 5.41 Å². The lowest BCUT2D eigenvalue weighted by molar-refractivity contribution is 0.591. The zero-order valence-corrected chi connectivity index (χ0v) is 33.3. The molecule has 0 spiro atoms. The van der Waals surface area contributed by atoms with Gasteiger partial charge in [0.05, 0.1) is 16.7 Å². The molecule has 0 unspecified atom stereocenters. The third kappa shape index (κ3) is 6.89. The van der Waals surface area contributed by atoms with E-state index >= 15 is 0 Å². The van der Waals surface area contributed by atoms with E-state index in [4.69, 9.17) is 15.0 Å². The summed E-state index contributed by atoms with van der Waals surface area (Å²) in [5.74, 6) is 1.84. The van der Waals surface area contributed by atoms with E-state index in [0.29, 0.717) is 17.5 Å². The van der Waals surface area contributed by atoms with Gasteiger partial charge in [0, 0.05) is 27.5 Å². The van der Waals surface area contributed by atoms with Crippen molar-refractivity contribution in [3.05, 3.63) is 206 Å². The van der Waals surface area contributed by atoms with Crippen LogP contribution in [0.1, 0.15) is 26.3 Å². The lowest BCUT2D eigenvalue weighted by Crippen LogP contribution is -2.10. The molecule has 2 aromatic heterocycles. The van der Waals surface area contributed by atoms with Crippen LogP contribution in [0.4, 0.5) is 0 Å². The van der Waals surface area contributed by atoms with Crippen molar-refractivity contribution >= 4 is 21.8 Å². The van der Waals surface area contributed by atoms with Crippen molar-refractivity contribution in [1.82, 2.24) is 19.5 Å². The first-order valence-electron chi connectivity index (χ1n) is 20.2. The highest BCUT2D eigenvalue weighted by atomic mass is 15.1. The highest BCUT2D eigenvalue weighted by molar-refractivity contribution is 6.10. The largest absolute Gasteiger partial charge is 0.308 e. The smallest absolute Gasteiger partial charge is 0.166 e. The number of rotatable bonds is 7. The van der Waals surface area contributed by atoms with Crippen LogP contribution in [0.15, 0.2) is 200 Å². The molecule has 0 radical (unpaired) electrons. The van der Waals surface area contributed by atoms with Crippen LogP contribution in [0.25, 0.3) is 95.0 Å². The van der Waals surface area contributed by atoms with Crippen LogP contribution in [0.2, 0.25) is 0 Å². The summed E-state index contributed by atoms with van der Waals surface area (Å²) in [6.45, 7) is 6.82. The number of nitrogens with zero attached hydrogens (tertiary/aromatic N) is 4. The molecule has 0 saturated heterocycles. The van der Waals surface area contributed by atoms with Crippen molar-refractivity contribution in [2.45, 2.75) is 26.2 Å². The average molecular weight is 759 g/mol. The van der Waals surface area contributed by atoms with E-state index in [0.717, 1.165) is 55.7 Å². The third-order valence-corrected chi connectivity index (χ3v) is 11.3. The Morgan fingerprint density at radius 3 is 1.31 bits per heavy atom. The number of aromatic nitrogens is 4. The van der Waals surface area contributed by atoms with Crippen LogP contribution in [0.3, 0.4) is 0 Å². The van der Waals surface area contributed by atoms with Crippen molar-refractivity contribution in [2.24, 2.45) is 0 Å². The molecule has 4 nitrogen and oxygen atoms in total. The molecule has 0 aliphatic heterocycles. The number of para-hydroxylation sites is 1. The SMILES string of the molecule is CC(C)(C)c1ccc2c(c1)c1ccccc1n2-c1cc(-c2ccccc2)ccc1-c1nc(-c2ccc(-c3ccccc3)cc2)nc(-c2ccc(-c3ccccc3)cc2)n1. The number of hydrogen-bond acceptors (Lipinski definition) is 3. The highest BCUT2D eigenvalue weighted by Crippen LogP contribution is 2.40. The quantitative estimate of drug-likeness (QED) is 0.163. The fraction of sp³-hybridized carbons (Fsp3) is 0.0727. The number of fused-ring (bicyclic) bond motifs is 3. The highest BCUT2D eigenvalue weighted by Gasteiger charge is 2.22. The molecule has 0 aliphatic rings. The standard InChI is InChI=1S/C55H42N4/c1-55(2,3)45-32-34-50-48(36-45)46-21-13-14-22-49(46)59(50)51-35-44(39-19-11-6-12-20-39)31-33-47(51)54-57-52(42-27-23-40(24-28-42)37-15-7-4-8-16-37)56-53(58-54)43-29-25-41(26-30-43)38-17-9-5-10-18-38/h4-36H,1-3H3. The second-order valence-electron chi connectivity index (χ2n) is 16.1. The Morgan fingerprint density at radius 1 is 0.339 bits per heavy atom. The van der Waals surface area contributed by atoms with Gasteiger partial charge in [0.2, 0.25) is 0 Å². The van der Waals surface area contributed by atoms with Crippen molar-refractivity contribution < 1.29 is 0 Å². The summed E-state index contributed by atoms with van der Waals surface area (Å²) in [4.78, 5) is 15.8. The fourth-order valence-corrected chi connectivity index (χ4v) is 8.05. The van der Waals surface area contributed by atoms with Gasteiger partial charge in [0.15, 0.2) is 17.5 Å².